The van der Waals surface area contributed by atoms with Crippen molar-refractivity contribution in [2.45, 2.75) is 13.8 Å². The first-order chi connectivity index (χ1) is 8.77. The van der Waals surface area contributed by atoms with Gasteiger partial charge in [-0.2, -0.15) is 0 Å². The number of nitrogens with one attached hydrogen (secondary N) is 1. The van der Waals surface area contributed by atoms with Crippen molar-refractivity contribution in [3.63, 3.8) is 0 Å². The number of likely N-dealkylation sites (N-methyl/N-ethyl adjacent to an activating group) is 2. The highest BCUT2D eigenvalue weighted by Crippen LogP contribution is 2.09. The Morgan fingerprint density at radius 2 is 1.56 bits per heavy atom. The predicted molar refractivity (Wildman–Crippen MR) is 80.4 cm³/mol. The van der Waals surface area contributed by atoms with Gasteiger partial charge in [0.2, 0.25) is 0 Å². The second-order valence-corrected chi connectivity index (χ2v) is 4.53. The van der Waals surface area contributed by atoms with E-state index in [1.54, 1.807) is 0 Å². The van der Waals surface area contributed by atoms with Crippen molar-refractivity contribution in [3.8, 4) is 0 Å². The van der Waals surface area contributed by atoms with Crippen LogP contribution in [-0.2, 0) is 0 Å². The van der Waals surface area contributed by atoms with Crippen molar-refractivity contribution in [1.29, 1.82) is 0 Å². The summed E-state index contributed by atoms with van der Waals surface area (Å²) in [5.74, 6) is 0. The van der Waals surface area contributed by atoms with E-state index in [0.29, 0.717) is 0 Å². The summed E-state index contributed by atoms with van der Waals surface area (Å²) in [5, 5.41) is 3.50. The predicted octanol–water partition coefficient (Wildman–Crippen LogP) is 2.05. The van der Waals surface area contributed by atoms with Crippen LogP contribution >= 0.6 is 0 Å². The van der Waals surface area contributed by atoms with Crippen LogP contribution in [0.15, 0.2) is 30.3 Å². The van der Waals surface area contributed by atoms with E-state index in [0.717, 1.165) is 39.3 Å². The molecule has 0 unspecified atom stereocenters. The summed E-state index contributed by atoms with van der Waals surface area (Å²) in [4.78, 5) is 4.72. The molecule has 0 aliphatic carbocycles. The van der Waals surface area contributed by atoms with Crippen molar-refractivity contribution in [2.24, 2.45) is 0 Å². The lowest BCUT2D eigenvalue weighted by molar-refractivity contribution is 0.303. The van der Waals surface area contributed by atoms with Crippen molar-refractivity contribution >= 4 is 5.69 Å². The van der Waals surface area contributed by atoms with E-state index in [2.05, 4.69) is 66.3 Å². The fourth-order valence-electron chi connectivity index (χ4n) is 1.96. The van der Waals surface area contributed by atoms with E-state index >= 15 is 0 Å². The molecule has 0 spiro atoms. The summed E-state index contributed by atoms with van der Waals surface area (Å²) < 4.78 is 0. The Morgan fingerprint density at radius 1 is 0.944 bits per heavy atom. The van der Waals surface area contributed by atoms with Crippen LogP contribution in [0.4, 0.5) is 5.69 Å². The average molecular weight is 249 g/mol. The molecule has 1 N–H and O–H groups in total. The normalized spacial score (nSPS) is 10.9. The third kappa shape index (κ3) is 5.52. The van der Waals surface area contributed by atoms with E-state index in [1.165, 1.54) is 5.69 Å². The molecule has 3 nitrogen and oxygen atoms in total. The average Bonchev–Trinajstić information content (AvgIpc) is 2.43. The number of para-hydroxylation sites is 1. The largest absolute Gasteiger partial charge is 0.373 e. The van der Waals surface area contributed by atoms with Gasteiger partial charge in [-0.15, -0.1) is 0 Å². The summed E-state index contributed by atoms with van der Waals surface area (Å²) in [5.41, 5.74) is 1.28. The maximum atomic E-state index is 3.50. The fourth-order valence-corrected chi connectivity index (χ4v) is 1.96. The van der Waals surface area contributed by atoms with E-state index in [4.69, 9.17) is 0 Å². The number of anilines is 1. The summed E-state index contributed by atoms with van der Waals surface area (Å²) >= 11 is 0. The van der Waals surface area contributed by atoms with Gasteiger partial charge in [-0.1, -0.05) is 32.0 Å². The maximum absolute atomic E-state index is 3.50. The van der Waals surface area contributed by atoms with Crippen molar-refractivity contribution in [3.05, 3.63) is 30.3 Å². The van der Waals surface area contributed by atoms with E-state index in [1.807, 2.05) is 0 Å². The summed E-state index contributed by atoms with van der Waals surface area (Å²) in [6, 6.07) is 10.5. The smallest absolute Gasteiger partial charge is 0.0364 e. The van der Waals surface area contributed by atoms with Crippen LogP contribution in [0.3, 0.4) is 0 Å². The van der Waals surface area contributed by atoms with Crippen molar-refractivity contribution in [2.75, 3.05) is 51.2 Å². The fraction of sp³-hybridized carbons (Fsp3) is 0.600. The molecule has 0 aromatic heterocycles. The molecule has 0 fully saturated rings. The highest BCUT2D eigenvalue weighted by Gasteiger charge is 2.00. The molecule has 102 valence electrons. The van der Waals surface area contributed by atoms with E-state index in [9.17, 15) is 0 Å². The molecule has 18 heavy (non-hydrogen) atoms. The second kappa shape index (κ2) is 8.95. The first-order valence-corrected chi connectivity index (χ1v) is 6.97. The van der Waals surface area contributed by atoms with E-state index in [-0.39, 0.29) is 0 Å². The van der Waals surface area contributed by atoms with Crippen LogP contribution in [0.2, 0.25) is 0 Å². The summed E-state index contributed by atoms with van der Waals surface area (Å²) in [7, 11) is 2.14. The standard InChI is InChI=1S/C15H27N3/c1-4-18(5-2)14-12-16-11-13-17(3)15-9-7-6-8-10-15/h6-10,16H,4-5,11-14H2,1-3H3. The minimum Gasteiger partial charge on any atom is -0.373 e. The lowest BCUT2D eigenvalue weighted by Gasteiger charge is -2.21. The zero-order valence-corrected chi connectivity index (χ0v) is 12.0. The highest BCUT2D eigenvalue weighted by molar-refractivity contribution is 5.44. The minimum absolute atomic E-state index is 1.03. The van der Waals surface area contributed by atoms with Gasteiger partial charge in [0.1, 0.15) is 0 Å². The molecule has 0 aliphatic heterocycles. The molecule has 0 amide bonds. The first kappa shape index (κ1) is 15.0. The van der Waals surface area contributed by atoms with Gasteiger partial charge in [0, 0.05) is 38.9 Å². The summed E-state index contributed by atoms with van der Waals surface area (Å²) in [6.07, 6.45) is 0. The Morgan fingerprint density at radius 3 is 2.17 bits per heavy atom. The number of nitrogens with zero attached hydrogens (tertiary/aromatic N) is 2. The van der Waals surface area contributed by atoms with E-state index < -0.39 is 0 Å². The second-order valence-electron chi connectivity index (χ2n) is 4.53. The van der Waals surface area contributed by atoms with Gasteiger partial charge in [0.25, 0.3) is 0 Å². The maximum Gasteiger partial charge on any atom is 0.0364 e. The zero-order chi connectivity index (χ0) is 13.2. The van der Waals surface area contributed by atoms with Gasteiger partial charge in [0.05, 0.1) is 0 Å². The lowest BCUT2D eigenvalue weighted by Crippen LogP contribution is -2.35. The quantitative estimate of drug-likeness (QED) is 0.676. The Hall–Kier alpha value is -1.06. The molecular weight excluding hydrogens is 222 g/mol. The Kier molecular flexibility index (Phi) is 7.46. The number of benzene rings is 1. The van der Waals surface area contributed by atoms with Crippen LogP contribution in [0.25, 0.3) is 0 Å². The Bertz CT molecular complexity index is 296. The molecular formula is C15H27N3. The van der Waals surface area contributed by atoms with Crippen LogP contribution < -0.4 is 10.2 Å². The van der Waals surface area contributed by atoms with Gasteiger partial charge in [0.15, 0.2) is 0 Å². The van der Waals surface area contributed by atoms with Crippen molar-refractivity contribution in [1.82, 2.24) is 10.2 Å². The molecule has 0 bridgehead atoms. The highest BCUT2D eigenvalue weighted by atomic mass is 15.1. The molecule has 0 radical (unpaired) electrons. The van der Waals surface area contributed by atoms with Gasteiger partial charge < -0.3 is 15.1 Å². The van der Waals surface area contributed by atoms with Crippen LogP contribution in [0.5, 0.6) is 0 Å². The molecule has 0 aliphatic rings. The van der Waals surface area contributed by atoms with Crippen LogP contribution in [-0.4, -0.2) is 51.2 Å². The molecule has 3 heteroatoms. The Labute approximate surface area is 112 Å². The SMILES string of the molecule is CCN(CC)CCNCCN(C)c1ccccc1. The molecule has 0 atom stereocenters. The summed E-state index contributed by atoms with van der Waals surface area (Å²) in [6.45, 7) is 11.0. The van der Waals surface area contributed by atoms with Gasteiger partial charge in [-0.05, 0) is 25.2 Å². The molecule has 1 aromatic rings. The molecule has 0 heterocycles. The third-order valence-electron chi connectivity index (χ3n) is 3.32. The third-order valence-corrected chi connectivity index (χ3v) is 3.32. The lowest BCUT2D eigenvalue weighted by atomic mass is 10.3. The van der Waals surface area contributed by atoms with Gasteiger partial charge in [-0.25, -0.2) is 0 Å². The Balaban J connectivity index is 2.11. The van der Waals surface area contributed by atoms with Crippen LogP contribution in [0, 0.1) is 0 Å². The van der Waals surface area contributed by atoms with Gasteiger partial charge >= 0.3 is 0 Å². The van der Waals surface area contributed by atoms with Gasteiger partial charge in [-0.3, -0.25) is 0 Å². The minimum atomic E-state index is 1.03. The number of rotatable bonds is 9. The molecule has 1 rings (SSSR count). The topological polar surface area (TPSA) is 18.5 Å². The first-order valence-electron chi connectivity index (χ1n) is 6.97. The molecule has 1 aromatic carbocycles. The van der Waals surface area contributed by atoms with Crippen LogP contribution in [0.1, 0.15) is 13.8 Å². The number of hydrogen-bond donors (Lipinski definition) is 1. The molecule has 0 saturated carbocycles. The number of hydrogen-bond acceptors (Lipinski definition) is 3. The monoisotopic (exact) mass is 249 g/mol. The zero-order valence-electron chi connectivity index (χ0n) is 12.0. The van der Waals surface area contributed by atoms with Crippen molar-refractivity contribution < 1.29 is 0 Å². The molecule has 0 saturated heterocycles.